The van der Waals surface area contributed by atoms with E-state index in [9.17, 15) is 4.79 Å². The molecule has 0 aliphatic heterocycles. The minimum absolute atomic E-state index is 0.0495. The number of hydrogen-bond donors (Lipinski definition) is 2. The summed E-state index contributed by atoms with van der Waals surface area (Å²) in [6, 6.07) is 17.0. The Labute approximate surface area is 188 Å². The fraction of sp³-hybridized carbons (Fsp3) is 0.519. The molecule has 0 saturated carbocycles. The largest absolute Gasteiger partial charge is 0.497 e. The zero-order valence-corrected chi connectivity index (χ0v) is 19.4. The molecule has 0 saturated heterocycles. The molecule has 0 aliphatic carbocycles. The van der Waals surface area contributed by atoms with Gasteiger partial charge in [0.1, 0.15) is 11.8 Å². The molecule has 2 aromatic carbocycles. The molecule has 0 aromatic heterocycles. The predicted molar refractivity (Wildman–Crippen MR) is 131 cm³/mol. The average Bonchev–Trinajstić information content (AvgIpc) is 2.80. The molecule has 0 bridgehead atoms. The van der Waals surface area contributed by atoms with Crippen LogP contribution in [0.3, 0.4) is 0 Å². The second kappa shape index (κ2) is 15.5. The van der Waals surface area contributed by atoms with Gasteiger partial charge in [-0.15, -0.1) is 0 Å². The maximum absolute atomic E-state index is 13.0. The van der Waals surface area contributed by atoms with Gasteiger partial charge in [-0.05, 0) is 30.7 Å². The number of amides is 1. The first-order valence-electron chi connectivity index (χ1n) is 12.0. The van der Waals surface area contributed by atoms with Gasteiger partial charge in [0, 0.05) is 11.8 Å². The molecule has 0 spiro atoms. The molecule has 2 N–H and O–H groups in total. The van der Waals surface area contributed by atoms with Gasteiger partial charge in [0.15, 0.2) is 0 Å². The maximum atomic E-state index is 13.0. The SMILES string of the molecule is CCCCCCCCCCCCNC(C(=O)Nc1cccc(OC)c1)c1ccccc1. The van der Waals surface area contributed by atoms with Gasteiger partial charge in [-0.2, -0.15) is 0 Å². The number of methoxy groups -OCH3 is 1. The summed E-state index contributed by atoms with van der Waals surface area (Å²) in [5.41, 5.74) is 1.72. The Balaban J connectivity index is 1.76. The third kappa shape index (κ3) is 10.0. The normalized spacial score (nSPS) is 11.8. The number of nitrogens with one attached hydrogen (secondary N) is 2. The third-order valence-corrected chi connectivity index (χ3v) is 5.61. The van der Waals surface area contributed by atoms with E-state index < -0.39 is 0 Å². The zero-order chi connectivity index (χ0) is 22.2. The Morgan fingerprint density at radius 3 is 2.13 bits per heavy atom. The monoisotopic (exact) mass is 424 g/mol. The highest BCUT2D eigenvalue weighted by molar-refractivity contribution is 5.95. The zero-order valence-electron chi connectivity index (χ0n) is 19.4. The maximum Gasteiger partial charge on any atom is 0.246 e. The van der Waals surface area contributed by atoms with Crippen molar-refractivity contribution in [2.24, 2.45) is 0 Å². The lowest BCUT2D eigenvalue weighted by Crippen LogP contribution is -2.33. The van der Waals surface area contributed by atoms with E-state index in [4.69, 9.17) is 4.74 Å². The highest BCUT2D eigenvalue weighted by Gasteiger charge is 2.20. The van der Waals surface area contributed by atoms with Crippen molar-refractivity contribution in [2.75, 3.05) is 19.0 Å². The van der Waals surface area contributed by atoms with Crippen molar-refractivity contribution in [1.82, 2.24) is 5.32 Å². The van der Waals surface area contributed by atoms with Crippen LogP contribution in [0.25, 0.3) is 0 Å². The summed E-state index contributed by atoms with van der Waals surface area (Å²) in [6.45, 7) is 3.10. The Morgan fingerprint density at radius 2 is 1.48 bits per heavy atom. The van der Waals surface area contributed by atoms with Crippen LogP contribution in [0.1, 0.15) is 82.7 Å². The average molecular weight is 425 g/mol. The molecule has 4 heteroatoms. The van der Waals surface area contributed by atoms with Crippen LogP contribution in [-0.2, 0) is 4.79 Å². The Bertz CT molecular complexity index is 733. The fourth-order valence-corrected chi connectivity index (χ4v) is 3.78. The van der Waals surface area contributed by atoms with Gasteiger partial charge < -0.3 is 15.4 Å². The van der Waals surface area contributed by atoms with Crippen LogP contribution >= 0.6 is 0 Å². The highest BCUT2D eigenvalue weighted by Crippen LogP contribution is 2.20. The second-order valence-corrected chi connectivity index (χ2v) is 8.20. The molecule has 170 valence electrons. The highest BCUT2D eigenvalue weighted by atomic mass is 16.5. The van der Waals surface area contributed by atoms with Crippen LogP contribution in [0.2, 0.25) is 0 Å². The standard InChI is InChI=1S/C27H40N2O2/c1-3-4-5-6-7-8-9-10-11-15-21-28-26(23-17-13-12-14-18-23)27(30)29-24-19-16-20-25(22-24)31-2/h12-14,16-20,22,26,28H,3-11,15,21H2,1-2H3,(H,29,30). The second-order valence-electron chi connectivity index (χ2n) is 8.20. The molecule has 31 heavy (non-hydrogen) atoms. The molecular formula is C27H40N2O2. The number of carbonyl (C=O) groups is 1. The molecule has 0 radical (unpaired) electrons. The van der Waals surface area contributed by atoms with Gasteiger partial charge in [0.05, 0.1) is 7.11 Å². The smallest absolute Gasteiger partial charge is 0.246 e. The van der Waals surface area contributed by atoms with Crippen molar-refractivity contribution >= 4 is 11.6 Å². The van der Waals surface area contributed by atoms with Crippen LogP contribution < -0.4 is 15.4 Å². The number of unbranched alkanes of at least 4 members (excludes halogenated alkanes) is 9. The van der Waals surface area contributed by atoms with E-state index in [2.05, 4.69) is 17.6 Å². The first-order valence-corrected chi connectivity index (χ1v) is 12.0. The summed E-state index contributed by atoms with van der Waals surface area (Å²) in [7, 11) is 1.63. The number of hydrogen-bond acceptors (Lipinski definition) is 3. The lowest BCUT2D eigenvalue weighted by molar-refractivity contribution is -0.118. The first-order chi connectivity index (χ1) is 15.2. The first kappa shape index (κ1) is 24.9. The van der Waals surface area contributed by atoms with Crippen molar-refractivity contribution in [3.63, 3.8) is 0 Å². The van der Waals surface area contributed by atoms with Crippen LogP contribution in [-0.4, -0.2) is 19.6 Å². The molecule has 0 heterocycles. The van der Waals surface area contributed by atoms with Gasteiger partial charge in [-0.1, -0.05) is 101 Å². The van der Waals surface area contributed by atoms with Crippen molar-refractivity contribution in [3.8, 4) is 5.75 Å². The van der Waals surface area contributed by atoms with E-state index >= 15 is 0 Å². The lowest BCUT2D eigenvalue weighted by Gasteiger charge is -2.19. The van der Waals surface area contributed by atoms with Gasteiger partial charge in [-0.25, -0.2) is 0 Å². The Hall–Kier alpha value is -2.33. The van der Waals surface area contributed by atoms with E-state index in [-0.39, 0.29) is 11.9 Å². The quantitative estimate of drug-likeness (QED) is 0.289. The van der Waals surface area contributed by atoms with Crippen LogP contribution in [0.4, 0.5) is 5.69 Å². The topological polar surface area (TPSA) is 50.4 Å². The van der Waals surface area contributed by atoms with E-state index in [1.807, 2.05) is 54.6 Å². The summed E-state index contributed by atoms with van der Waals surface area (Å²) in [5, 5.41) is 6.49. The molecular weight excluding hydrogens is 384 g/mol. The summed E-state index contributed by atoms with van der Waals surface area (Å²) >= 11 is 0. The van der Waals surface area contributed by atoms with Crippen molar-refractivity contribution in [3.05, 3.63) is 60.2 Å². The molecule has 0 fully saturated rings. The summed E-state index contributed by atoms with van der Waals surface area (Å²) in [6.07, 6.45) is 13.1. The molecule has 0 aliphatic rings. The Kier molecular flexibility index (Phi) is 12.4. The van der Waals surface area contributed by atoms with Crippen molar-refractivity contribution in [1.29, 1.82) is 0 Å². The predicted octanol–water partition coefficient (Wildman–Crippen LogP) is 6.89. The Morgan fingerprint density at radius 1 is 0.839 bits per heavy atom. The van der Waals surface area contributed by atoms with Crippen LogP contribution in [0.15, 0.2) is 54.6 Å². The molecule has 1 unspecified atom stereocenters. The summed E-state index contributed by atoms with van der Waals surface area (Å²) < 4.78 is 5.26. The minimum Gasteiger partial charge on any atom is -0.497 e. The summed E-state index contributed by atoms with van der Waals surface area (Å²) in [4.78, 5) is 13.0. The molecule has 1 atom stereocenters. The van der Waals surface area contributed by atoms with Gasteiger partial charge in [0.25, 0.3) is 0 Å². The number of ether oxygens (including phenoxy) is 1. The van der Waals surface area contributed by atoms with E-state index in [0.717, 1.165) is 30.0 Å². The van der Waals surface area contributed by atoms with Crippen molar-refractivity contribution in [2.45, 2.75) is 77.2 Å². The third-order valence-electron chi connectivity index (χ3n) is 5.61. The summed E-state index contributed by atoms with van der Waals surface area (Å²) in [5.74, 6) is 0.680. The van der Waals surface area contributed by atoms with Crippen molar-refractivity contribution < 1.29 is 9.53 Å². The van der Waals surface area contributed by atoms with Crippen LogP contribution in [0, 0.1) is 0 Å². The molecule has 2 rings (SSSR count). The number of anilines is 1. The molecule has 4 nitrogen and oxygen atoms in total. The number of rotatable bonds is 16. The van der Waals surface area contributed by atoms with Crippen LogP contribution in [0.5, 0.6) is 5.75 Å². The van der Waals surface area contributed by atoms with E-state index in [1.165, 1.54) is 57.8 Å². The van der Waals surface area contributed by atoms with Gasteiger partial charge in [0.2, 0.25) is 5.91 Å². The minimum atomic E-state index is -0.369. The van der Waals surface area contributed by atoms with Gasteiger partial charge in [-0.3, -0.25) is 4.79 Å². The van der Waals surface area contributed by atoms with Gasteiger partial charge >= 0.3 is 0 Å². The number of carbonyl (C=O) groups excluding carboxylic acids is 1. The molecule has 1 amide bonds. The lowest BCUT2D eigenvalue weighted by atomic mass is 10.0. The fourth-order valence-electron chi connectivity index (χ4n) is 3.78. The molecule has 2 aromatic rings. The van der Waals surface area contributed by atoms with E-state index in [0.29, 0.717) is 0 Å². The van der Waals surface area contributed by atoms with E-state index in [1.54, 1.807) is 7.11 Å². The number of benzene rings is 2.